The second-order valence-corrected chi connectivity index (χ2v) is 7.16. The molecule has 8 heteroatoms. The average Bonchev–Trinajstić information content (AvgIpc) is 3.03. The Kier molecular flexibility index (Phi) is 7.41. The van der Waals surface area contributed by atoms with E-state index >= 15 is 0 Å². The van der Waals surface area contributed by atoms with Crippen LogP contribution < -0.4 is 10.1 Å². The van der Waals surface area contributed by atoms with E-state index in [1.165, 1.54) is 16.2 Å². The largest absolute Gasteiger partial charge is 0.484 e. The molecule has 1 unspecified atom stereocenters. The molecule has 1 atom stereocenters. The molecule has 2 amide bonds. The quantitative estimate of drug-likeness (QED) is 0.738. The molecule has 2 rings (SSSR count). The highest BCUT2D eigenvalue weighted by Crippen LogP contribution is 2.17. The minimum absolute atomic E-state index is 0.0452. The molecule has 1 aromatic carbocycles. The van der Waals surface area contributed by atoms with Crippen molar-refractivity contribution < 1.29 is 14.3 Å². The maximum atomic E-state index is 12.6. The lowest BCUT2D eigenvalue weighted by atomic mass is 10.2. The zero-order valence-electron chi connectivity index (χ0n) is 15.0. The van der Waals surface area contributed by atoms with Crippen molar-refractivity contribution in [3.8, 4) is 5.75 Å². The van der Waals surface area contributed by atoms with E-state index in [0.29, 0.717) is 15.9 Å². The maximum Gasteiger partial charge on any atom is 0.261 e. The zero-order valence-corrected chi connectivity index (χ0v) is 16.6. The van der Waals surface area contributed by atoms with Gasteiger partial charge < -0.3 is 15.0 Å². The van der Waals surface area contributed by atoms with Gasteiger partial charge in [-0.1, -0.05) is 18.5 Å². The van der Waals surface area contributed by atoms with Gasteiger partial charge in [-0.3, -0.25) is 9.59 Å². The van der Waals surface area contributed by atoms with Gasteiger partial charge >= 0.3 is 0 Å². The average molecular weight is 396 g/mol. The number of aromatic nitrogens is 1. The number of carbonyl (C=O) groups is 2. The van der Waals surface area contributed by atoms with Crippen LogP contribution in [0.3, 0.4) is 0 Å². The molecular formula is C18H22ClN3O3S. The summed E-state index contributed by atoms with van der Waals surface area (Å²) in [5.41, 5.74) is 0.844. The molecule has 0 saturated carbocycles. The molecule has 0 spiro atoms. The van der Waals surface area contributed by atoms with Crippen LogP contribution in [0.1, 0.15) is 26.0 Å². The van der Waals surface area contributed by atoms with E-state index in [1.54, 1.807) is 24.3 Å². The number of rotatable bonds is 8. The first-order valence-electron chi connectivity index (χ1n) is 8.28. The summed E-state index contributed by atoms with van der Waals surface area (Å²) in [5.74, 6) is 0.0221. The number of amides is 2. The Morgan fingerprint density at radius 3 is 2.62 bits per heavy atom. The van der Waals surface area contributed by atoms with Crippen molar-refractivity contribution in [1.29, 1.82) is 0 Å². The van der Waals surface area contributed by atoms with Crippen LogP contribution in [0.5, 0.6) is 5.75 Å². The fourth-order valence-corrected chi connectivity index (χ4v) is 3.02. The highest BCUT2D eigenvalue weighted by Gasteiger charge is 2.22. The van der Waals surface area contributed by atoms with Crippen molar-refractivity contribution in [2.75, 3.05) is 18.5 Å². The van der Waals surface area contributed by atoms with Crippen LogP contribution in [-0.4, -0.2) is 40.9 Å². The van der Waals surface area contributed by atoms with E-state index in [9.17, 15) is 9.59 Å². The first kappa shape index (κ1) is 20.2. The molecule has 2 aromatic rings. The molecule has 1 N–H and O–H groups in total. The summed E-state index contributed by atoms with van der Waals surface area (Å²) >= 11 is 7.19. The topological polar surface area (TPSA) is 71.5 Å². The predicted octanol–water partition coefficient (Wildman–Crippen LogP) is 3.75. The molecule has 6 nitrogen and oxygen atoms in total. The van der Waals surface area contributed by atoms with Crippen molar-refractivity contribution >= 4 is 39.9 Å². The van der Waals surface area contributed by atoms with Gasteiger partial charge in [0.2, 0.25) is 5.91 Å². The number of nitrogens with one attached hydrogen (secondary N) is 1. The molecule has 0 aliphatic heterocycles. The third-order valence-corrected chi connectivity index (χ3v) is 4.93. The fourth-order valence-electron chi connectivity index (χ4n) is 2.19. The lowest BCUT2D eigenvalue weighted by molar-refractivity contribution is -0.138. The number of ether oxygens (including phenoxy) is 1. The molecule has 0 aliphatic carbocycles. The Morgan fingerprint density at radius 2 is 2.04 bits per heavy atom. The minimum atomic E-state index is -0.278. The van der Waals surface area contributed by atoms with Crippen LogP contribution >= 0.6 is 22.9 Å². The van der Waals surface area contributed by atoms with Gasteiger partial charge in [0.05, 0.1) is 5.69 Å². The number of carbonyl (C=O) groups excluding carboxylic acids is 2. The number of anilines is 1. The summed E-state index contributed by atoms with van der Waals surface area (Å²) < 4.78 is 5.51. The third-order valence-electron chi connectivity index (χ3n) is 3.80. The lowest BCUT2D eigenvalue weighted by Gasteiger charge is -2.27. The molecule has 0 aliphatic rings. The van der Waals surface area contributed by atoms with E-state index in [2.05, 4.69) is 10.3 Å². The van der Waals surface area contributed by atoms with E-state index in [4.69, 9.17) is 16.3 Å². The van der Waals surface area contributed by atoms with Gasteiger partial charge in [-0.25, -0.2) is 4.98 Å². The standard InChI is InChI=1S/C18H22ClN3O3S/c1-4-13(3)22(9-16(23)21-18-20-12(2)11-26-18)17(24)10-25-15-7-5-14(19)6-8-15/h5-8,11,13H,4,9-10H2,1-3H3,(H,20,21,23). The fraction of sp³-hybridized carbons (Fsp3) is 0.389. The van der Waals surface area contributed by atoms with E-state index in [1.807, 2.05) is 26.2 Å². The van der Waals surface area contributed by atoms with Gasteiger partial charge in [0.1, 0.15) is 12.3 Å². The SMILES string of the molecule is CCC(C)N(CC(=O)Nc1nc(C)cs1)C(=O)COc1ccc(Cl)cc1. The Balaban J connectivity index is 1.95. The summed E-state index contributed by atoms with van der Waals surface area (Å²) in [5, 5.41) is 5.71. The predicted molar refractivity (Wildman–Crippen MR) is 104 cm³/mol. The van der Waals surface area contributed by atoms with Gasteiger partial charge in [0, 0.05) is 16.4 Å². The highest BCUT2D eigenvalue weighted by molar-refractivity contribution is 7.13. The number of hydrogen-bond donors (Lipinski definition) is 1. The molecule has 26 heavy (non-hydrogen) atoms. The number of aryl methyl sites for hydroxylation is 1. The molecule has 0 saturated heterocycles. The maximum absolute atomic E-state index is 12.6. The smallest absolute Gasteiger partial charge is 0.261 e. The van der Waals surface area contributed by atoms with Crippen molar-refractivity contribution in [1.82, 2.24) is 9.88 Å². The Labute approximate surface area is 162 Å². The van der Waals surface area contributed by atoms with Crippen LogP contribution in [0.15, 0.2) is 29.6 Å². The Hall–Kier alpha value is -2.12. The first-order valence-corrected chi connectivity index (χ1v) is 9.54. The summed E-state index contributed by atoms with van der Waals surface area (Å²) in [7, 11) is 0. The van der Waals surface area contributed by atoms with E-state index in [-0.39, 0.29) is 31.0 Å². The minimum Gasteiger partial charge on any atom is -0.484 e. The van der Waals surface area contributed by atoms with Crippen LogP contribution in [-0.2, 0) is 9.59 Å². The number of nitrogens with zero attached hydrogens (tertiary/aromatic N) is 2. The number of thiazole rings is 1. The van der Waals surface area contributed by atoms with Crippen LogP contribution in [0.2, 0.25) is 5.02 Å². The molecule has 0 fully saturated rings. The lowest BCUT2D eigenvalue weighted by Crippen LogP contribution is -2.45. The Morgan fingerprint density at radius 1 is 1.35 bits per heavy atom. The molecule has 1 aromatic heterocycles. The van der Waals surface area contributed by atoms with Gasteiger partial charge in [0.25, 0.3) is 5.91 Å². The molecule has 0 radical (unpaired) electrons. The summed E-state index contributed by atoms with van der Waals surface area (Å²) in [6.07, 6.45) is 0.732. The summed E-state index contributed by atoms with van der Waals surface area (Å²) in [6, 6.07) is 6.69. The van der Waals surface area contributed by atoms with Gasteiger partial charge in [-0.15, -0.1) is 11.3 Å². The monoisotopic (exact) mass is 395 g/mol. The van der Waals surface area contributed by atoms with Gasteiger partial charge in [-0.2, -0.15) is 0 Å². The normalized spacial score (nSPS) is 11.7. The van der Waals surface area contributed by atoms with Crippen molar-refractivity contribution in [2.45, 2.75) is 33.2 Å². The van der Waals surface area contributed by atoms with Crippen LogP contribution in [0.25, 0.3) is 0 Å². The number of benzene rings is 1. The van der Waals surface area contributed by atoms with Gasteiger partial charge in [-0.05, 0) is 44.5 Å². The van der Waals surface area contributed by atoms with Crippen molar-refractivity contribution in [2.24, 2.45) is 0 Å². The van der Waals surface area contributed by atoms with Crippen molar-refractivity contribution in [3.63, 3.8) is 0 Å². The molecule has 1 heterocycles. The highest BCUT2D eigenvalue weighted by atomic mass is 35.5. The first-order chi connectivity index (χ1) is 12.4. The Bertz CT molecular complexity index is 748. The second-order valence-electron chi connectivity index (χ2n) is 5.86. The second kappa shape index (κ2) is 9.54. The molecular weight excluding hydrogens is 374 g/mol. The zero-order chi connectivity index (χ0) is 19.1. The number of hydrogen-bond acceptors (Lipinski definition) is 5. The van der Waals surface area contributed by atoms with Crippen LogP contribution in [0.4, 0.5) is 5.13 Å². The molecule has 0 bridgehead atoms. The van der Waals surface area contributed by atoms with Crippen molar-refractivity contribution in [3.05, 3.63) is 40.4 Å². The number of halogens is 1. The summed E-state index contributed by atoms with van der Waals surface area (Å²) in [4.78, 5) is 30.6. The third kappa shape index (κ3) is 6.00. The van der Waals surface area contributed by atoms with Gasteiger partial charge in [0.15, 0.2) is 11.7 Å². The molecule has 140 valence electrons. The van der Waals surface area contributed by atoms with E-state index < -0.39 is 0 Å². The van der Waals surface area contributed by atoms with Crippen LogP contribution in [0, 0.1) is 6.92 Å². The summed E-state index contributed by atoms with van der Waals surface area (Å²) in [6.45, 7) is 5.54. The van der Waals surface area contributed by atoms with E-state index in [0.717, 1.165) is 12.1 Å².